The van der Waals surface area contributed by atoms with Crippen LogP contribution in [0.1, 0.15) is 20.8 Å². The molecule has 1 heterocycles. The van der Waals surface area contributed by atoms with Crippen molar-refractivity contribution in [2.45, 2.75) is 31.5 Å². The van der Waals surface area contributed by atoms with Crippen LogP contribution in [0.2, 0.25) is 0 Å². The van der Waals surface area contributed by atoms with Gasteiger partial charge in [0.1, 0.15) is 11.5 Å². The molecular formula is C21H25N3O3S. The zero-order valence-electron chi connectivity index (χ0n) is 16.5. The number of methoxy groups -OCH3 is 1. The van der Waals surface area contributed by atoms with Gasteiger partial charge in [0.15, 0.2) is 11.0 Å². The van der Waals surface area contributed by atoms with Gasteiger partial charge in [-0.1, -0.05) is 11.8 Å². The first-order valence-electron chi connectivity index (χ1n) is 9.09. The van der Waals surface area contributed by atoms with Crippen molar-refractivity contribution >= 4 is 11.8 Å². The number of aromatic nitrogens is 3. The number of thioether (sulfide) groups is 1. The lowest BCUT2D eigenvalue weighted by Gasteiger charge is -2.17. The van der Waals surface area contributed by atoms with Gasteiger partial charge in [0.2, 0.25) is 0 Å². The maximum Gasteiger partial charge on any atom is 0.196 e. The lowest BCUT2D eigenvalue weighted by atomic mass is 10.2. The highest BCUT2D eigenvalue weighted by molar-refractivity contribution is 7.99. The molecule has 0 fully saturated rings. The minimum absolute atomic E-state index is 0.505. The molecule has 0 bridgehead atoms. The van der Waals surface area contributed by atoms with Crippen molar-refractivity contribution in [2.75, 3.05) is 19.5 Å². The van der Waals surface area contributed by atoms with Gasteiger partial charge in [-0.05, 0) is 69.3 Å². The molecule has 2 aromatic carbocycles. The van der Waals surface area contributed by atoms with Crippen LogP contribution in [0.15, 0.2) is 53.7 Å². The first kappa shape index (κ1) is 20.2. The fourth-order valence-electron chi connectivity index (χ4n) is 2.62. The zero-order chi connectivity index (χ0) is 20.1. The van der Waals surface area contributed by atoms with E-state index in [2.05, 4.69) is 10.2 Å². The van der Waals surface area contributed by atoms with E-state index in [4.69, 9.17) is 9.47 Å². The first-order valence-corrected chi connectivity index (χ1v) is 10.1. The maximum atomic E-state index is 10.1. The molecular weight excluding hydrogens is 374 g/mol. The van der Waals surface area contributed by atoms with Crippen molar-refractivity contribution in [1.82, 2.24) is 14.8 Å². The van der Waals surface area contributed by atoms with Gasteiger partial charge in [-0.15, -0.1) is 10.2 Å². The molecule has 0 aliphatic heterocycles. The van der Waals surface area contributed by atoms with Gasteiger partial charge in [0.25, 0.3) is 0 Å². The Bertz CT molecular complexity index is 900. The van der Waals surface area contributed by atoms with Crippen molar-refractivity contribution < 1.29 is 14.6 Å². The summed E-state index contributed by atoms with van der Waals surface area (Å²) in [6.07, 6.45) is 0. The number of aliphatic hydroxyl groups is 1. The van der Waals surface area contributed by atoms with E-state index in [0.717, 1.165) is 33.7 Å². The molecule has 1 N–H and O–H groups in total. The summed E-state index contributed by atoms with van der Waals surface area (Å²) in [6, 6.07) is 15.5. The summed E-state index contributed by atoms with van der Waals surface area (Å²) in [4.78, 5) is 0. The topological polar surface area (TPSA) is 69.4 Å². The van der Waals surface area contributed by atoms with Crippen LogP contribution in [0.3, 0.4) is 0 Å². The second kappa shape index (κ2) is 8.67. The molecule has 0 atom stereocenters. The van der Waals surface area contributed by atoms with Crippen molar-refractivity contribution in [2.24, 2.45) is 0 Å². The molecule has 6 nitrogen and oxygen atoms in total. The van der Waals surface area contributed by atoms with Gasteiger partial charge in [0, 0.05) is 17.0 Å². The molecule has 0 aliphatic rings. The van der Waals surface area contributed by atoms with Gasteiger partial charge in [0.05, 0.1) is 19.3 Å². The quantitative estimate of drug-likeness (QED) is 0.573. The van der Waals surface area contributed by atoms with E-state index in [1.165, 1.54) is 11.8 Å². The van der Waals surface area contributed by atoms with Crippen molar-refractivity contribution in [3.05, 3.63) is 48.5 Å². The highest BCUT2D eigenvalue weighted by atomic mass is 32.2. The third kappa shape index (κ3) is 4.85. The molecule has 3 aromatic rings. The van der Waals surface area contributed by atoms with E-state index < -0.39 is 5.60 Å². The Kier molecular flexibility index (Phi) is 6.26. The summed E-state index contributed by atoms with van der Waals surface area (Å²) in [7, 11) is 1.64. The Labute approximate surface area is 169 Å². The number of hydrogen-bond donors (Lipinski definition) is 1. The van der Waals surface area contributed by atoms with Gasteiger partial charge >= 0.3 is 0 Å². The van der Waals surface area contributed by atoms with E-state index in [1.807, 2.05) is 60.0 Å². The summed E-state index contributed by atoms with van der Waals surface area (Å²) in [5.74, 6) is 2.83. The van der Waals surface area contributed by atoms with Crippen molar-refractivity contribution in [3.8, 4) is 28.6 Å². The molecule has 148 valence electrons. The van der Waals surface area contributed by atoms with Crippen LogP contribution in [-0.4, -0.2) is 44.9 Å². The number of ether oxygens (including phenoxy) is 2. The number of hydrogen-bond acceptors (Lipinski definition) is 6. The van der Waals surface area contributed by atoms with Crippen LogP contribution in [0.25, 0.3) is 17.1 Å². The normalized spacial score (nSPS) is 11.5. The summed E-state index contributed by atoms with van der Waals surface area (Å²) >= 11 is 1.47. The van der Waals surface area contributed by atoms with Crippen molar-refractivity contribution in [3.63, 3.8) is 0 Å². The lowest BCUT2D eigenvalue weighted by molar-refractivity contribution is 0.107. The fourth-order valence-corrected chi connectivity index (χ4v) is 3.52. The molecule has 0 amide bonds. The zero-order valence-corrected chi connectivity index (χ0v) is 17.4. The molecule has 7 heteroatoms. The Morgan fingerprint density at radius 2 is 1.64 bits per heavy atom. The standard InChI is InChI=1S/C21H25N3O3S/c1-5-27-18-12-8-16(9-13-18)24-19(15-6-10-17(26-4)11-7-15)22-23-20(24)28-14-21(2,3)25/h6-13,25H,5,14H2,1-4H3. The van der Waals surface area contributed by atoms with Gasteiger partial charge in [-0.3, -0.25) is 4.57 Å². The van der Waals surface area contributed by atoms with E-state index in [0.29, 0.717) is 12.4 Å². The second-order valence-electron chi connectivity index (χ2n) is 6.90. The molecule has 3 rings (SSSR count). The van der Waals surface area contributed by atoms with Gasteiger partial charge < -0.3 is 14.6 Å². The largest absolute Gasteiger partial charge is 0.497 e. The third-order valence-corrected chi connectivity index (χ3v) is 5.32. The molecule has 0 radical (unpaired) electrons. The molecule has 0 unspecified atom stereocenters. The van der Waals surface area contributed by atoms with E-state index in [1.54, 1.807) is 21.0 Å². The van der Waals surface area contributed by atoms with Crippen LogP contribution >= 0.6 is 11.8 Å². The van der Waals surface area contributed by atoms with Crippen molar-refractivity contribution in [1.29, 1.82) is 0 Å². The number of benzene rings is 2. The highest BCUT2D eigenvalue weighted by Crippen LogP contribution is 2.31. The maximum absolute atomic E-state index is 10.1. The Morgan fingerprint density at radius 1 is 1.00 bits per heavy atom. The predicted octanol–water partition coefficient (Wildman–Crippen LogP) is 4.20. The van der Waals surface area contributed by atoms with Crippen LogP contribution in [0.5, 0.6) is 11.5 Å². The summed E-state index contributed by atoms with van der Waals surface area (Å²) in [5.41, 5.74) is 1.05. The smallest absolute Gasteiger partial charge is 0.196 e. The Hall–Kier alpha value is -2.51. The minimum Gasteiger partial charge on any atom is -0.497 e. The van der Waals surface area contributed by atoms with Crippen LogP contribution in [0, 0.1) is 0 Å². The highest BCUT2D eigenvalue weighted by Gasteiger charge is 2.20. The van der Waals surface area contributed by atoms with Crippen LogP contribution < -0.4 is 9.47 Å². The third-order valence-electron chi connectivity index (χ3n) is 3.94. The summed E-state index contributed by atoms with van der Waals surface area (Å²) in [6.45, 7) is 6.14. The average Bonchev–Trinajstić information content (AvgIpc) is 3.11. The minimum atomic E-state index is -0.805. The summed E-state index contributed by atoms with van der Waals surface area (Å²) < 4.78 is 12.8. The number of rotatable bonds is 8. The van der Waals surface area contributed by atoms with Crippen LogP contribution in [0.4, 0.5) is 0 Å². The Morgan fingerprint density at radius 3 is 2.21 bits per heavy atom. The molecule has 0 saturated carbocycles. The fraction of sp³-hybridized carbons (Fsp3) is 0.333. The van der Waals surface area contributed by atoms with Gasteiger partial charge in [-0.25, -0.2) is 0 Å². The molecule has 28 heavy (non-hydrogen) atoms. The SMILES string of the molecule is CCOc1ccc(-n2c(SCC(C)(C)O)nnc2-c2ccc(OC)cc2)cc1. The molecule has 0 spiro atoms. The van der Waals surface area contributed by atoms with E-state index in [9.17, 15) is 5.11 Å². The lowest BCUT2D eigenvalue weighted by Crippen LogP contribution is -2.22. The molecule has 1 aromatic heterocycles. The molecule has 0 saturated heterocycles. The Balaban J connectivity index is 2.02. The average molecular weight is 400 g/mol. The predicted molar refractivity (Wildman–Crippen MR) is 112 cm³/mol. The first-order chi connectivity index (χ1) is 13.4. The number of nitrogens with zero attached hydrogens (tertiary/aromatic N) is 3. The summed E-state index contributed by atoms with van der Waals surface area (Å²) in [5, 5.41) is 19.6. The monoisotopic (exact) mass is 399 g/mol. The van der Waals surface area contributed by atoms with Crippen LogP contribution in [-0.2, 0) is 0 Å². The second-order valence-corrected chi connectivity index (χ2v) is 7.84. The van der Waals surface area contributed by atoms with E-state index >= 15 is 0 Å². The molecule has 0 aliphatic carbocycles. The van der Waals surface area contributed by atoms with E-state index in [-0.39, 0.29) is 0 Å². The van der Waals surface area contributed by atoms with Gasteiger partial charge in [-0.2, -0.15) is 0 Å².